The number of hydrogen-bond donors (Lipinski definition) is 3. The molecular formula is C15H12IN3O6. The van der Waals surface area contributed by atoms with Crippen LogP contribution in [0.2, 0.25) is 0 Å². The molecule has 0 heterocycles. The Morgan fingerprint density at radius 1 is 1.28 bits per heavy atom. The fourth-order valence-electron chi connectivity index (χ4n) is 1.72. The number of nitro benzene ring substituents is 1. The van der Waals surface area contributed by atoms with Crippen LogP contribution < -0.4 is 10.2 Å². The molecule has 9 nitrogen and oxygen atoms in total. The highest BCUT2D eigenvalue weighted by molar-refractivity contribution is 14.1. The summed E-state index contributed by atoms with van der Waals surface area (Å²) in [5.74, 6) is -1.13. The number of carbonyl (C=O) groups is 1. The maximum Gasteiger partial charge on any atom is 0.311 e. The van der Waals surface area contributed by atoms with Gasteiger partial charge in [0.2, 0.25) is 0 Å². The van der Waals surface area contributed by atoms with Gasteiger partial charge in [0.25, 0.3) is 5.91 Å². The minimum absolute atomic E-state index is 0.0386. The van der Waals surface area contributed by atoms with E-state index in [4.69, 9.17) is 4.74 Å². The van der Waals surface area contributed by atoms with Crippen LogP contribution in [0.5, 0.6) is 17.2 Å². The molecule has 0 aliphatic heterocycles. The summed E-state index contributed by atoms with van der Waals surface area (Å²) in [6.45, 7) is -0.278. The van der Waals surface area contributed by atoms with E-state index in [1.54, 1.807) is 12.1 Å². The summed E-state index contributed by atoms with van der Waals surface area (Å²) in [5.41, 5.74) is 1.54. The molecule has 25 heavy (non-hydrogen) atoms. The van der Waals surface area contributed by atoms with Crippen LogP contribution in [-0.4, -0.2) is 33.9 Å². The van der Waals surface area contributed by atoms with Crippen molar-refractivity contribution in [3.8, 4) is 17.2 Å². The minimum Gasteiger partial charge on any atom is -0.507 e. The molecule has 0 atom stereocenters. The number of carbonyl (C=O) groups excluding carboxylic acids is 1. The quantitative estimate of drug-likeness (QED) is 0.264. The van der Waals surface area contributed by atoms with Gasteiger partial charge in [-0.3, -0.25) is 14.9 Å². The van der Waals surface area contributed by atoms with Crippen LogP contribution in [-0.2, 0) is 4.79 Å². The number of nitrogens with zero attached hydrogens (tertiary/aromatic N) is 2. The van der Waals surface area contributed by atoms with Gasteiger partial charge in [-0.05, 0) is 46.9 Å². The summed E-state index contributed by atoms with van der Waals surface area (Å²) in [6.07, 6.45) is 1.02. The van der Waals surface area contributed by atoms with Crippen LogP contribution in [0.25, 0.3) is 0 Å². The van der Waals surface area contributed by atoms with E-state index in [1.165, 1.54) is 0 Å². The number of rotatable bonds is 6. The second kappa shape index (κ2) is 8.28. The van der Waals surface area contributed by atoms with E-state index in [0.717, 1.165) is 21.9 Å². The highest BCUT2D eigenvalue weighted by atomic mass is 127. The number of phenols is 2. The lowest BCUT2D eigenvalue weighted by atomic mass is 10.2. The number of ether oxygens (including phenoxy) is 1. The Morgan fingerprint density at radius 3 is 2.60 bits per heavy atom. The van der Waals surface area contributed by atoms with E-state index in [9.17, 15) is 25.1 Å². The first-order valence-corrected chi connectivity index (χ1v) is 7.85. The Balaban J connectivity index is 1.94. The van der Waals surface area contributed by atoms with Crippen molar-refractivity contribution in [2.24, 2.45) is 5.10 Å². The smallest absolute Gasteiger partial charge is 0.311 e. The first kappa shape index (κ1) is 18.4. The number of amides is 1. The Labute approximate surface area is 155 Å². The van der Waals surface area contributed by atoms with Gasteiger partial charge in [-0.25, -0.2) is 5.43 Å². The lowest BCUT2D eigenvalue weighted by Gasteiger charge is -2.05. The molecular weight excluding hydrogens is 445 g/mol. The molecule has 0 radical (unpaired) electrons. The van der Waals surface area contributed by atoms with Crippen LogP contribution >= 0.6 is 22.6 Å². The molecule has 0 spiro atoms. The van der Waals surface area contributed by atoms with Gasteiger partial charge in [0.15, 0.2) is 12.4 Å². The van der Waals surface area contributed by atoms with Gasteiger partial charge in [0, 0.05) is 21.3 Å². The Kier molecular flexibility index (Phi) is 6.11. The minimum atomic E-state index is -0.806. The third-order valence-corrected chi connectivity index (χ3v) is 3.62. The van der Waals surface area contributed by atoms with Crippen molar-refractivity contribution >= 4 is 40.4 Å². The maximum absolute atomic E-state index is 11.6. The normalized spacial score (nSPS) is 10.6. The molecule has 2 rings (SSSR count). The second-order valence-electron chi connectivity index (χ2n) is 4.69. The molecule has 0 aliphatic rings. The predicted octanol–water partition coefficient (Wildman–Crippen LogP) is 2.14. The van der Waals surface area contributed by atoms with E-state index >= 15 is 0 Å². The average Bonchev–Trinajstić information content (AvgIpc) is 2.56. The fraction of sp³-hybridized carbons (Fsp3) is 0.0667. The number of hydrazone groups is 1. The lowest BCUT2D eigenvalue weighted by molar-refractivity contribution is -0.385. The molecule has 0 saturated carbocycles. The number of halogens is 1. The van der Waals surface area contributed by atoms with Gasteiger partial charge in [0.05, 0.1) is 11.1 Å². The van der Waals surface area contributed by atoms with Crippen molar-refractivity contribution < 1.29 is 24.7 Å². The SMILES string of the molecule is O=C(COc1ccc(I)cc1)N/N=C\c1cc([N+](=O)[O-])c(O)cc1O. The Hall–Kier alpha value is -2.89. The lowest BCUT2D eigenvalue weighted by Crippen LogP contribution is -2.24. The van der Waals surface area contributed by atoms with E-state index in [0.29, 0.717) is 5.75 Å². The third-order valence-electron chi connectivity index (χ3n) is 2.90. The Morgan fingerprint density at radius 2 is 1.96 bits per heavy atom. The molecule has 3 N–H and O–H groups in total. The van der Waals surface area contributed by atoms with Crippen molar-refractivity contribution in [2.45, 2.75) is 0 Å². The van der Waals surface area contributed by atoms with Gasteiger partial charge >= 0.3 is 5.69 Å². The van der Waals surface area contributed by atoms with Crippen LogP contribution in [0.4, 0.5) is 5.69 Å². The van der Waals surface area contributed by atoms with Gasteiger partial charge in [-0.2, -0.15) is 5.10 Å². The second-order valence-corrected chi connectivity index (χ2v) is 5.94. The van der Waals surface area contributed by atoms with Crippen LogP contribution in [0, 0.1) is 13.7 Å². The summed E-state index contributed by atoms with van der Waals surface area (Å²) in [4.78, 5) is 21.6. The molecule has 2 aromatic carbocycles. The average molecular weight is 457 g/mol. The standard InChI is InChI=1S/C15H12IN3O6/c16-10-1-3-11(4-2-10)25-8-15(22)18-17-7-9-5-12(19(23)24)14(21)6-13(9)20/h1-7,20-21H,8H2,(H,18,22)/b17-7-. The van der Waals surface area contributed by atoms with Crippen molar-refractivity contribution in [1.29, 1.82) is 0 Å². The van der Waals surface area contributed by atoms with Crippen molar-refractivity contribution in [3.63, 3.8) is 0 Å². The molecule has 130 valence electrons. The van der Waals surface area contributed by atoms with Gasteiger partial charge in [0.1, 0.15) is 11.5 Å². The topological polar surface area (TPSA) is 134 Å². The summed E-state index contributed by atoms with van der Waals surface area (Å²) in [6, 6.07) is 8.83. The molecule has 1 amide bonds. The zero-order valence-corrected chi connectivity index (χ0v) is 14.7. The molecule has 0 aromatic heterocycles. The summed E-state index contributed by atoms with van der Waals surface area (Å²) >= 11 is 2.14. The van der Waals surface area contributed by atoms with E-state index in [-0.39, 0.29) is 12.2 Å². The van der Waals surface area contributed by atoms with Crippen LogP contribution in [0.15, 0.2) is 41.5 Å². The van der Waals surface area contributed by atoms with Gasteiger partial charge in [-0.1, -0.05) is 0 Å². The Bertz CT molecular complexity index is 823. The number of aromatic hydroxyl groups is 2. The summed E-state index contributed by atoms with van der Waals surface area (Å²) in [7, 11) is 0. The van der Waals surface area contributed by atoms with Crippen molar-refractivity contribution in [3.05, 3.63) is 55.6 Å². The maximum atomic E-state index is 11.6. The largest absolute Gasteiger partial charge is 0.507 e. The summed E-state index contributed by atoms with van der Waals surface area (Å²) in [5, 5.41) is 33.3. The number of nitrogens with one attached hydrogen (secondary N) is 1. The first-order valence-electron chi connectivity index (χ1n) is 6.77. The molecule has 2 aromatic rings. The van der Waals surface area contributed by atoms with E-state index in [1.807, 2.05) is 12.1 Å². The molecule has 10 heteroatoms. The number of hydrogen-bond acceptors (Lipinski definition) is 7. The predicted molar refractivity (Wildman–Crippen MR) is 96.8 cm³/mol. The zero-order chi connectivity index (χ0) is 18.4. The molecule has 0 bridgehead atoms. The third kappa shape index (κ3) is 5.31. The number of nitro groups is 1. The molecule has 0 fully saturated rings. The zero-order valence-electron chi connectivity index (χ0n) is 12.5. The van der Waals surface area contributed by atoms with Crippen LogP contribution in [0.3, 0.4) is 0 Å². The van der Waals surface area contributed by atoms with Crippen LogP contribution in [0.1, 0.15) is 5.56 Å². The monoisotopic (exact) mass is 457 g/mol. The number of phenolic OH excluding ortho intramolecular Hbond substituents is 2. The van der Waals surface area contributed by atoms with Crippen molar-refractivity contribution in [1.82, 2.24) is 5.43 Å². The summed E-state index contributed by atoms with van der Waals surface area (Å²) < 4.78 is 6.28. The van der Waals surface area contributed by atoms with E-state index in [2.05, 4.69) is 33.1 Å². The number of benzene rings is 2. The molecule has 0 saturated heterocycles. The van der Waals surface area contributed by atoms with Gasteiger partial charge < -0.3 is 14.9 Å². The van der Waals surface area contributed by atoms with E-state index < -0.39 is 28.0 Å². The van der Waals surface area contributed by atoms with Gasteiger partial charge in [-0.15, -0.1) is 0 Å². The molecule has 0 unspecified atom stereocenters. The molecule has 0 aliphatic carbocycles. The van der Waals surface area contributed by atoms with Crippen molar-refractivity contribution in [2.75, 3.05) is 6.61 Å². The highest BCUT2D eigenvalue weighted by Gasteiger charge is 2.16. The first-order chi connectivity index (χ1) is 11.9. The fourth-order valence-corrected chi connectivity index (χ4v) is 2.08. The highest BCUT2D eigenvalue weighted by Crippen LogP contribution is 2.31.